The maximum Gasteiger partial charge on any atom is 0.232 e. The van der Waals surface area contributed by atoms with Gasteiger partial charge in [0.1, 0.15) is 11.5 Å². The van der Waals surface area contributed by atoms with E-state index in [1.54, 1.807) is 0 Å². The number of para-hydroxylation sites is 1. The van der Waals surface area contributed by atoms with Crippen molar-refractivity contribution in [3.05, 3.63) is 71.6 Å². The minimum atomic E-state index is -1.35. The highest BCUT2D eigenvalue weighted by Crippen LogP contribution is 2.25. The molecule has 0 saturated heterocycles. The molecule has 0 bridgehead atoms. The van der Waals surface area contributed by atoms with E-state index in [9.17, 15) is 9.00 Å². The normalized spacial score (nSPS) is 11.8. The minimum Gasteiger partial charge on any atom is -0.441 e. The molecular formula is C24H29N3O3S. The van der Waals surface area contributed by atoms with E-state index in [4.69, 9.17) is 4.42 Å². The molecule has 7 heteroatoms. The molecule has 1 atom stereocenters. The molecule has 3 aromatic rings. The number of rotatable bonds is 10. The Morgan fingerprint density at radius 3 is 2.55 bits per heavy atom. The van der Waals surface area contributed by atoms with Crippen molar-refractivity contribution in [2.24, 2.45) is 0 Å². The number of hydrogen-bond acceptors (Lipinski definition) is 5. The van der Waals surface area contributed by atoms with E-state index >= 15 is 0 Å². The second kappa shape index (κ2) is 10.9. The number of benzene rings is 2. The van der Waals surface area contributed by atoms with E-state index in [0.29, 0.717) is 23.9 Å². The molecule has 0 spiro atoms. The van der Waals surface area contributed by atoms with Gasteiger partial charge in [-0.15, -0.1) is 0 Å². The monoisotopic (exact) mass is 439 g/mol. The van der Waals surface area contributed by atoms with Gasteiger partial charge in [-0.2, -0.15) is 0 Å². The zero-order valence-electron chi connectivity index (χ0n) is 18.3. The number of hydrogen-bond donors (Lipinski definition) is 1. The van der Waals surface area contributed by atoms with E-state index in [1.807, 2.05) is 63.4 Å². The van der Waals surface area contributed by atoms with Crippen LogP contribution >= 0.6 is 0 Å². The van der Waals surface area contributed by atoms with Crippen molar-refractivity contribution >= 4 is 22.4 Å². The molecule has 0 aliphatic heterocycles. The standard InChI is InChI=1S/C24H29N3O3S/c1-18-10-7-8-13-21(18)24-26-22(19(2)30-24)16-31(29)17-23(28)25-14-9-15-27(3)20-11-5-4-6-12-20/h4-8,10-13H,9,14-17H2,1-3H3,(H,25,28)/t31-/m1/s1. The second-order valence-electron chi connectivity index (χ2n) is 7.53. The molecule has 0 unspecified atom stereocenters. The predicted octanol–water partition coefficient (Wildman–Crippen LogP) is 3.85. The average molecular weight is 440 g/mol. The summed E-state index contributed by atoms with van der Waals surface area (Å²) in [4.78, 5) is 18.8. The largest absolute Gasteiger partial charge is 0.441 e. The molecule has 164 valence electrons. The van der Waals surface area contributed by atoms with Gasteiger partial charge in [-0.05, 0) is 44.0 Å². The van der Waals surface area contributed by atoms with Gasteiger partial charge in [0.25, 0.3) is 0 Å². The van der Waals surface area contributed by atoms with Gasteiger partial charge >= 0.3 is 0 Å². The maximum atomic E-state index is 12.5. The number of nitrogens with zero attached hydrogens (tertiary/aromatic N) is 2. The Morgan fingerprint density at radius 2 is 1.81 bits per heavy atom. The smallest absolute Gasteiger partial charge is 0.232 e. The van der Waals surface area contributed by atoms with Crippen LogP contribution in [0.25, 0.3) is 11.5 Å². The minimum absolute atomic E-state index is 0.0411. The third kappa shape index (κ3) is 6.52. The number of carbonyl (C=O) groups excluding carboxylic acids is 1. The Labute approximate surface area is 186 Å². The van der Waals surface area contributed by atoms with Gasteiger partial charge in [0.15, 0.2) is 0 Å². The number of anilines is 1. The molecule has 0 fully saturated rings. The SMILES string of the molecule is Cc1ccccc1-c1nc(C[S@@](=O)CC(=O)NCCCN(C)c2ccccc2)c(C)o1. The Bertz CT molecular complexity index is 1030. The third-order valence-corrected chi connectivity index (χ3v) is 6.23. The first-order valence-corrected chi connectivity index (χ1v) is 11.8. The van der Waals surface area contributed by atoms with Crippen LogP contribution < -0.4 is 10.2 Å². The van der Waals surface area contributed by atoms with Crippen LogP contribution in [0.2, 0.25) is 0 Å². The van der Waals surface area contributed by atoms with Gasteiger partial charge in [-0.3, -0.25) is 9.00 Å². The first-order valence-electron chi connectivity index (χ1n) is 10.3. The fraction of sp³-hybridized carbons (Fsp3) is 0.333. The van der Waals surface area contributed by atoms with Crippen molar-refractivity contribution in [2.45, 2.75) is 26.0 Å². The highest BCUT2D eigenvalue weighted by atomic mass is 32.2. The summed E-state index contributed by atoms with van der Waals surface area (Å²) in [6.07, 6.45) is 0.811. The van der Waals surface area contributed by atoms with Gasteiger partial charge in [0.05, 0.1) is 11.4 Å². The van der Waals surface area contributed by atoms with Gasteiger partial charge in [-0.1, -0.05) is 36.4 Å². The second-order valence-corrected chi connectivity index (χ2v) is 8.98. The fourth-order valence-corrected chi connectivity index (χ4v) is 4.32. The summed E-state index contributed by atoms with van der Waals surface area (Å²) < 4.78 is 18.2. The summed E-state index contributed by atoms with van der Waals surface area (Å²) in [7, 11) is 0.677. The molecule has 1 amide bonds. The van der Waals surface area contributed by atoms with Crippen molar-refractivity contribution in [2.75, 3.05) is 30.8 Å². The number of nitrogens with one attached hydrogen (secondary N) is 1. The molecule has 6 nitrogen and oxygen atoms in total. The first-order chi connectivity index (χ1) is 14.9. The number of amides is 1. The molecule has 0 radical (unpaired) electrons. The Morgan fingerprint density at radius 1 is 1.10 bits per heavy atom. The quantitative estimate of drug-likeness (QED) is 0.486. The van der Waals surface area contributed by atoms with Crippen molar-refractivity contribution in [3.8, 4) is 11.5 Å². The van der Waals surface area contributed by atoms with Gasteiger partial charge in [0.2, 0.25) is 11.8 Å². The van der Waals surface area contributed by atoms with Crippen molar-refractivity contribution in [1.82, 2.24) is 10.3 Å². The summed E-state index contributed by atoms with van der Waals surface area (Å²) in [5.41, 5.74) is 3.76. The van der Waals surface area contributed by atoms with Gasteiger partial charge in [0, 0.05) is 42.2 Å². The van der Waals surface area contributed by atoms with E-state index in [1.165, 1.54) is 0 Å². The number of aromatic nitrogens is 1. The lowest BCUT2D eigenvalue weighted by molar-refractivity contribution is -0.118. The fourth-order valence-electron chi connectivity index (χ4n) is 3.25. The summed E-state index contributed by atoms with van der Waals surface area (Å²) in [6.45, 7) is 5.18. The molecule has 1 aromatic heterocycles. The zero-order valence-corrected chi connectivity index (χ0v) is 19.1. The average Bonchev–Trinajstić information content (AvgIpc) is 3.11. The van der Waals surface area contributed by atoms with Gasteiger partial charge < -0.3 is 14.6 Å². The Hall–Kier alpha value is -2.93. The van der Waals surface area contributed by atoms with Crippen LogP contribution in [-0.4, -0.2) is 41.0 Å². The first kappa shape index (κ1) is 22.7. The molecule has 31 heavy (non-hydrogen) atoms. The molecule has 3 rings (SSSR count). The molecule has 0 aliphatic rings. The van der Waals surface area contributed by atoms with E-state index < -0.39 is 10.8 Å². The topological polar surface area (TPSA) is 75.4 Å². The zero-order chi connectivity index (χ0) is 22.2. The van der Waals surface area contributed by atoms with E-state index in [-0.39, 0.29) is 17.4 Å². The third-order valence-electron chi connectivity index (χ3n) is 5.05. The summed E-state index contributed by atoms with van der Waals surface area (Å²) in [5, 5.41) is 2.86. The highest BCUT2D eigenvalue weighted by molar-refractivity contribution is 7.84. The Kier molecular flexibility index (Phi) is 8.00. The molecule has 1 N–H and O–H groups in total. The highest BCUT2D eigenvalue weighted by Gasteiger charge is 2.16. The van der Waals surface area contributed by atoms with Crippen molar-refractivity contribution in [3.63, 3.8) is 0 Å². The summed E-state index contributed by atoms with van der Waals surface area (Å²) in [5.74, 6) is 1.11. The summed E-state index contributed by atoms with van der Waals surface area (Å²) in [6, 6.07) is 17.9. The summed E-state index contributed by atoms with van der Waals surface area (Å²) >= 11 is 0. The molecule has 0 saturated carbocycles. The molecule has 0 aliphatic carbocycles. The number of carbonyl (C=O) groups is 1. The molecular weight excluding hydrogens is 410 g/mol. The van der Waals surface area contributed by atoms with Crippen LogP contribution in [0, 0.1) is 13.8 Å². The van der Waals surface area contributed by atoms with Crippen LogP contribution in [0.1, 0.15) is 23.4 Å². The van der Waals surface area contributed by atoms with E-state index in [0.717, 1.165) is 29.8 Å². The lowest BCUT2D eigenvalue weighted by atomic mass is 10.1. The Balaban J connectivity index is 1.43. The molecule has 1 heterocycles. The van der Waals surface area contributed by atoms with Crippen LogP contribution in [0.3, 0.4) is 0 Å². The van der Waals surface area contributed by atoms with Gasteiger partial charge in [-0.25, -0.2) is 4.98 Å². The van der Waals surface area contributed by atoms with Crippen LogP contribution in [0.5, 0.6) is 0 Å². The van der Waals surface area contributed by atoms with Crippen LogP contribution in [0.15, 0.2) is 59.0 Å². The molecule has 2 aromatic carbocycles. The van der Waals surface area contributed by atoms with Crippen molar-refractivity contribution < 1.29 is 13.4 Å². The van der Waals surface area contributed by atoms with Crippen molar-refractivity contribution in [1.29, 1.82) is 0 Å². The van der Waals surface area contributed by atoms with Crippen LogP contribution in [0.4, 0.5) is 5.69 Å². The number of oxazole rings is 1. The lowest BCUT2D eigenvalue weighted by Crippen LogP contribution is -2.31. The predicted molar refractivity (Wildman–Crippen MR) is 125 cm³/mol. The van der Waals surface area contributed by atoms with E-state index in [2.05, 4.69) is 27.3 Å². The number of aryl methyl sites for hydroxylation is 2. The van der Waals surface area contributed by atoms with Crippen LogP contribution in [-0.2, 0) is 21.3 Å². The maximum absolute atomic E-state index is 12.5. The lowest BCUT2D eigenvalue weighted by Gasteiger charge is -2.19.